The molecule has 1 unspecified atom stereocenters. The number of nitriles is 1. The number of allylic oxidation sites excluding steroid dienone is 2. The lowest BCUT2D eigenvalue weighted by Crippen LogP contribution is -2.16. The Morgan fingerprint density at radius 1 is 1.29 bits per heavy atom. The SMILES string of the molecule is C[C@@H]1C[C@@H]2C(C[C@H]1C=CC#N)C2(C)C. The first-order chi connectivity index (χ1) is 6.57. The summed E-state index contributed by atoms with van der Waals surface area (Å²) in [5.41, 5.74) is 0.587. The maximum Gasteiger partial charge on any atom is 0.0908 e. The fourth-order valence-corrected chi connectivity index (χ4v) is 3.33. The molecular formula is C13H19N. The second-order valence-corrected chi connectivity index (χ2v) is 5.64. The van der Waals surface area contributed by atoms with Gasteiger partial charge in [-0.3, -0.25) is 0 Å². The van der Waals surface area contributed by atoms with Crippen molar-refractivity contribution in [3.63, 3.8) is 0 Å². The van der Waals surface area contributed by atoms with Gasteiger partial charge in [-0.25, -0.2) is 0 Å². The van der Waals surface area contributed by atoms with Crippen molar-refractivity contribution < 1.29 is 0 Å². The van der Waals surface area contributed by atoms with Crippen LogP contribution in [0.15, 0.2) is 12.2 Å². The van der Waals surface area contributed by atoms with Gasteiger partial charge in [0.15, 0.2) is 0 Å². The maximum absolute atomic E-state index is 8.53. The Bertz CT molecular complexity index is 295. The van der Waals surface area contributed by atoms with Crippen LogP contribution < -0.4 is 0 Å². The molecule has 2 saturated carbocycles. The van der Waals surface area contributed by atoms with E-state index in [2.05, 4.69) is 32.9 Å². The van der Waals surface area contributed by atoms with Gasteiger partial charge in [-0.05, 0) is 41.9 Å². The first kappa shape index (κ1) is 9.77. The van der Waals surface area contributed by atoms with Crippen molar-refractivity contribution in [2.24, 2.45) is 29.1 Å². The number of rotatable bonds is 1. The van der Waals surface area contributed by atoms with E-state index in [1.165, 1.54) is 12.8 Å². The van der Waals surface area contributed by atoms with E-state index in [0.717, 1.165) is 17.8 Å². The van der Waals surface area contributed by atoms with Crippen molar-refractivity contribution in [3.8, 4) is 6.07 Å². The molecule has 0 saturated heterocycles. The van der Waals surface area contributed by atoms with E-state index in [1.807, 2.05) is 0 Å². The molecule has 0 aromatic carbocycles. The zero-order valence-electron chi connectivity index (χ0n) is 9.33. The molecule has 2 rings (SSSR count). The fourth-order valence-electron chi connectivity index (χ4n) is 3.33. The second-order valence-electron chi connectivity index (χ2n) is 5.64. The van der Waals surface area contributed by atoms with Crippen LogP contribution in [0.5, 0.6) is 0 Å². The summed E-state index contributed by atoms with van der Waals surface area (Å²) in [5, 5.41) is 8.53. The topological polar surface area (TPSA) is 23.8 Å². The number of hydrogen-bond acceptors (Lipinski definition) is 1. The molecule has 76 valence electrons. The lowest BCUT2D eigenvalue weighted by molar-refractivity contribution is 0.293. The molecule has 1 nitrogen and oxygen atoms in total. The van der Waals surface area contributed by atoms with Crippen LogP contribution in [0.4, 0.5) is 0 Å². The zero-order chi connectivity index (χ0) is 10.3. The standard InChI is InChI=1S/C13H19N/c1-9-7-11-12(13(11,2)3)8-10(9)5-4-6-14/h4-5,9-12H,7-8H2,1-3H3/t9-,10-,11-,12?/m1/s1. The molecule has 2 aliphatic rings. The molecule has 1 heteroatoms. The summed E-state index contributed by atoms with van der Waals surface area (Å²) in [4.78, 5) is 0. The Morgan fingerprint density at radius 3 is 2.57 bits per heavy atom. The third-order valence-corrected chi connectivity index (χ3v) is 4.59. The van der Waals surface area contributed by atoms with Crippen LogP contribution in [0.25, 0.3) is 0 Å². The Balaban J connectivity index is 2.03. The van der Waals surface area contributed by atoms with Crippen molar-refractivity contribution in [1.82, 2.24) is 0 Å². The first-order valence-electron chi connectivity index (χ1n) is 5.63. The third kappa shape index (κ3) is 1.38. The number of hydrogen-bond donors (Lipinski definition) is 0. The largest absolute Gasteiger partial charge is 0.193 e. The van der Waals surface area contributed by atoms with Crippen LogP contribution in [0.3, 0.4) is 0 Å². The molecule has 2 fully saturated rings. The molecule has 0 aliphatic heterocycles. The third-order valence-electron chi connectivity index (χ3n) is 4.59. The van der Waals surface area contributed by atoms with E-state index in [4.69, 9.17) is 5.26 Å². The molecule has 0 heterocycles. The molecule has 0 bridgehead atoms. The molecule has 0 aromatic heterocycles. The van der Waals surface area contributed by atoms with E-state index in [0.29, 0.717) is 11.3 Å². The molecule has 0 spiro atoms. The van der Waals surface area contributed by atoms with Crippen molar-refractivity contribution in [2.45, 2.75) is 33.6 Å². The van der Waals surface area contributed by atoms with Gasteiger partial charge in [0, 0.05) is 6.08 Å². The molecule has 0 N–H and O–H groups in total. The van der Waals surface area contributed by atoms with Gasteiger partial charge in [0.25, 0.3) is 0 Å². The van der Waals surface area contributed by atoms with Crippen molar-refractivity contribution in [3.05, 3.63) is 12.2 Å². The maximum atomic E-state index is 8.53. The average molecular weight is 189 g/mol. The average Bonchev–Trinajstić information content (AvgIpc) is 2.65. The predicted octanol–water partition coefficient (Wildman–Crippen LogP) is 3.38. The smallest absolute Gasteiger partial charge is 0.0908 e. The molecular weight excluding hydrogens is 170 g/mol. The summed E-state index contributed by atoms with van der Waals surface area (Å²) < 4.78 is 0. The van der Waals surface area contributed by atoms with Gasteiger partial charge in [0.2, 0.25) is 0 Å². The number of fused-ring (bicyclic) bond motifs is 1. The first-order valence-corrected chi connectivity index (χ1v) is 5.63. The minimum atomic E-state index is 0.587. The zero-order valence-corrected chi connectivity index (χ0v) is 9.33. The van der Waals surface area contributed by atoms with Crippen molar-refractivity contribution in [1.29, 1.82) is 5.26 Å². The Morgan fingerprint density at radius 2 is 1.93 bits per heavy atom. The van der Waals surface area contributed by atoms with Gasteiger partial charge in [-0.15, -0.1) is 0 Å². The van der Waals surface area contributed by atoms with Gasteiger partial charge in [-0.2, -0.15) is 5.26 Å². The second kappa shape index (κ2) is 3.12. The molecule has 0 radical (unpaired) electrons. The van der Waals surface area contributed by atoms with Crippen LogP contribution >= 0.6 is 0 Å². The highest BCUT2D eigenvalue weighted by Gasteiger charge is 2.60. The predicted molar refractivity (Wildman–Crippen MR) is 57.4 cm³/mol. The van der Waals surface area contributed by atoms with Crippen LogP contribution in [0.2, 0.25) is 0 Å². The van der Waals surface area contributed by atoms with Crippen LogP contribution in [0, 0.1) is 40.4 Å². The quantitative estimate of drug-likeness (QED) is 0.580. The minimum Gasteiger partial charge on any atom is -0.193 e. The van der Waals surface area contributed by atoms with Gasteiger partial charge in [0.05, 0.1) is 6.07 Å². The molecule has 4 atom stereocenters. The summed E-state index contributed by atoms with van der Waals surface area (Å²) >= 11 is 0. The van der Waals surface area contributed by atoms with Crippen LogP contribution in [-0.4, -0.2) is 0 Å². The molecule has 0 amide bonds. The minimum absolute atomic E-state index is 0.587. The van der Waals surface area contributed by atoms with E-state index in [1.54, 1.807) is 6.08 Å². The van der Waals surface area contributed by atoms with E-state index < -0.39 is 0 Å². The van der Waals surface area contributed by atoms with Gasteiger partial charge in [-0.1, -0.05) is 26.8 Å². The normalized spacial score (nSPS) is 44.4. The Kier molecular flexibility index (Phi) is 2.18. The van der Waals surface area contributed by atoms with Crippen molar-refractivity contribution >= 4 is 0 Å². The van der Waals surface area contributed by atoms with Gasteiger partial charge >= 0.3 is 0 Å². The Labute approximate surface area is 86.8 Å². The lowest BCUT2D eigenvalue weighted by atomic mass is 9.80. The molecule has 0 aromatic rings. The summed E-state index contributed by atoms with van der Waals surface area (Å²) in [6.45, 7) is 7.12. The Hall–Kier alpha value is -0.770. The summed E-state index contributed by atoms with van der Waals surface area (Å²) in [6.07, 6.45) is 6.45. The van der Waals surface area contributed by atoms with E-state index >= 15 is 0 Å². The lowest BCUT2D eigenvalue weighted by Gasteiger charge is -2.25. The van der Waals surface area contributed by atoms with Crippen LogP contribution in [0.1, 0.15) is 33.6 Å². The van der Waals surface area contributed by atoms with Gasteiger partial charge < -0.3 is 0 Å². The fraction of sp³-hybridized carbons (Fsp3) is 0.769. The van der Waals surface area contributed by atoms with E-state index in [9.17, 15) is 0 Å². The van der Waals surface area contributed by atoms with Crippen molar-refractivity contribution in [2.75, 3.05) is 0 Å². The highest BCUT2D eigenvalue weighted by atomic mass is 14.6. The van der Waals surface area contributed by atoms with E-state index in [-0.39, 0.29) is 0 Å². The number of nitrogens with zero attached hydrogens (tertiary/aromatic N) is 1. The highest BCUT2D eigenvalue weighted by molar-refractivity contribution is 5.13. The summed E-state index contributed by atoms with van der Waals surface area (Å²) in [7, 11) is 0. The summed E-state index contributed by atoms with van der Waals surface area (Å²) in [6, 6.07) is 2.10. The van der Waals surface area contributed by atoms with Crippen LogP contribution in [-0.2, 0) is 0 Å². The van der Waals surface area contributed by atoms with Gasteiger partial charge in [0.1, 0.15) is 0 Å². The highest BCUT2D eigenvalue weighted by Crippen LogP contribution is 2.66. The molecule has 14 heavy (non-hydrogen) atoms. The molecule has 2 aliphatic carbocycles. The monoisotopic (exact) mass is 189 g/mol. The summed E-state index contributed by atoms with van der Waals surface area (Å²) in [5.74, 6) is 3.30.